The predicted molar refractivity (Wildman–Crippen MR) is 92.3 cm³/mol. The number of piperidine rings is 1. The third-order valence-electron chi connectivity index (χ3n) is 3.98. The SMILES string of the molecule is CN(c1ccc(Cl)cc1O)C1CCN(C(=O)OC(C)(C)C)CC1. The molecule has 0 spiro atoms. The van der Waals surface area contributed by atoms with Crippen LogP contribution < -0.4 is 4.90 Å². The Kier molecular flexibility index (Phi) is 5.30. The maximum Gasteiger partial charge on any atom is 0.410 e. The lowest BCUT2D eigenvalue weighted by Gasteiger charge is -2.38. The minimum absolute atomic E-state index is 0.176. The highest BCUT2D eigenvalue weighted by Gasteiger charge is 2.29. The molecule has 5 nitrogen and oxygen atoms in total. The summed E-state index contributed by atoms with van der Waals surface area (Å²) in [7, 11) is 1.96. The van der Waals surface area contributed by atoms with E-state index in [-0.39, 0.29) is 17.9 Å². The maximum atomic E-state index is 12.1. The van der Waals surface area contributed by atoms with E-state index in [9.17, 15) is 9.90 Å². The van der Waals surface area contributed by atoms with Gasteiger partial charge in [0.25, 0.3) is 0 Å². The highest BCUT2D eigenvalue weighted by Crippen LogP contribution is 2.32. The minimum atomic E-state index is -0.472. The van der Waals surface area contributed by atoms with Crippen LogP contribution in [0.25, 0.3) is 0 Å². The zero-order chi connectivity index (χ0) is 17.2. The molecule has 0 atom stereocenters. The molecule has 6 heteroatoms. The molecule has 0 aromatic heterocycles. The van der Waals surface area contributed by atoms with Gasteiger partial charge in [0.05, 0.1) is 5.69 Å². The van der Waals surface area contributed by atoms with Crippen molar-refractivity contribution in [1.29, 1.82) is 0 Å². The van der Waals surface area contributed by atoms with Crippen LogP contribution in [0.2, 0.25) is 5.02 Å². The van der Waals surface area contributed by atoms with Gasteiger partial charge in [-0.25, -0.2) is 4.79 Å². The zero-order valence-corrected chi connectivity index (χ0v) is 14.9. The van der Waals surface area contributed by atoms with Crippen molar-refractivity contribution in [2.75, 3.05) is 25.0 Å². The normalized spacial score (nSPS) is 16.3. The number of carbonyl (C=O) groups is 1. The van der Waals surface area contributed by atoms with Crippen LogP contribution in [0.15, 0.2) is 18.2 Å². The lowest BCUT2D eigenvalue weighted by Crippen LogP contribution is -2.47. The van der Waals surface area contributed by atoms with Crippen LogP contribution in [0.3, 0.4) is 0 Å². The van der Waals surface area contributed by atoms with Gasteiger partial charge >= 0.3 is 6.09 Å². The number of carbonyl (C=O) groups excluding carboxylic acids is 1. The van der Waals surface area contributed by atoms with Gasteiger partial charge in [0, 0.05) is 37.3 Å². The highest BCUT2D eigenvalue weighted by molar-refractivity contribution is 6.30. The number of anilines is 1. The summed E-state index contributed by atoms with van der Waals surface area (Å²) in [6.07, 6.45) is 1.41. The number of phenolic OH excluding ortho intramolecular Hbond substituents is 1. The molecule has 1 aromatic carbocycles. The van der Waals surface area contributed by atoms with Crippen molar-refractivity contribution in [2.24, 2.45) is 0 Å². The number of aromatic hydroxyl groups is 1. The molecule has 1 aliphatic heterocycles. The van der Waals surface area contributed by atoms with Crippen LogP contribution in [-0.2, 0) is 4.74 Å². The fraction of sp³-hybridized carbons (Fsp3) is 0.588. The van der Waals surface area contributed by atoms with Crippen LogP contribution >= 0.6 is 11.6 Å². The lowest BCUT2D eigenvalue weighted by molar-refractivity contribution is 0.0205. The van der Waals surface area contributed by atoms with Crippen LogP contribution in [0.1, 0.15) is 33.6 Å². The quantitative estimate of drug-likeness (QED) is 0.887. The zero-order valence-electron chi connectivity index (χ0n) is 14.2. The second kappa shape index (κ2) is 6.87. The van der Waals surface area contributed by atoms with Crippen molar-refractivity contribution < 1.29 is 14.6 Å². The monoisotopic (exact) mass is 340 g/mol. The molecule has 1 saturated heterocycles. The number of phenols is 1. The molecule has 2 rings (SSSR count). The van der Waals surface area contributed by atoms with Gasteiger partial charge in [-0.05, 0) is 45.7 Å². The van der Waals surface area contributed by atoms with Gasteiger partial charge in [-0.3, -0.25) is 0 Å². The van der Waals surface area contributed by atoms with Gasteiger partial charge in [0.2, 0.25) is 0 Å². The average molecular weight is 341 g/mol. The topological polar surface area (TPSA) is 53.0 Å². The molecule has 128 valence electrons. The van der Waals surface area contributed by atoms with Crippen molar-refractivity contribution in [2.45, 2.75) is 45.3 Å². The molecule has 1 N–H and O–H groups in total. The fourth-order valence-electron chi connectivity index (χ4n) is 2.75. The molecule has 1 aromatic rings. The van der Waals surface area contributed by atoms with Crippen molar-refractivity contribution in [3.8, 4) is 5.75 Å². The number of likely N-dealkylation sites (tertiary alicyclic amines) is 1. The standard InChI is InChI=1S/C17H25ClN2O3/c1-17(2,3)23-16(22)20-9-7-13(8-10-20)19(4)14-6-5-12(18)11-15(14)21/h5-6,11,13,21H,7-10H2,1-4H3. The number of benzene rings is 1. The molecular formula is C17H25ClN2O3. The van der Waals surface area contributed by atoms with Crippen molar-refractivity contribution >= 4 is 23.4 Å². The van der Waals surface area contributed by atoms with Gasteiger partial charge in [-0.15, -0.1) is 0 Å². The summed E-state index contributed by atoms with van der Waals surface area (Å²) in [6.45, 7) is 6.91. The molecule has 0 bridgehead atoms. The lowest BCUT2D eigenvalue weighted by atomic mass is 10.0. The molecule has 0 aliphatic carbocycles. The van der Waals surface area contributed by atoms with E-state index in [1.165, 1.54) is 0 Å². The molecule has 1 amide bonds. The van der Waals surface area contributed by atoms with E-state index in [2.05, 4.69) is 4.90 Å². The Morgan fingerprint density at radius 2 is 1.96 bits per heavy atom. The third kappa shape index (κ3) is 4.67. The first-order chi connectivity index (χ1) is 10.7. The maximum absolute atomic E-state index is 12.1. The van der Waals surface area contributed by atoms with Gasteiger partial charge in [-0.2, -0.15) is 0 Å². The molecule has 0 unspecified atom stereocenters. The predicted octanol–water partition coefficient (Wildman–Crippen LogP) is 3.88. The third-order valence-corrected chi connectivity index (χ3v) is 4.22. The molecule has 23 heavy (non-hydrogen) atoms. The number of amides is 1. The second-order valence-electron chi connectivity index (χ2n) is 6.94. The Labute approximate surface area is 142 Å². The molecular weight excluding hydrogens is 316 g/mol. The Morgan fingerprint density at radius 3 is 2.48 bits per heavy atom. The first-order valence-corrected chi connectivity index (χ1v) is 8.24. The largest absolute Gasteiger partial charge is 0.506 e. The summed E-state index contributed by atoms with van der Waals surface area (Å²) >= 11 is 5.88. The minimum Gasteiger partial charge on any atom is -0.506 e. The van der Waals surface area contributed by atoms with Crippen LogP contribution in [0.5, 0.6) is 5.75 Å². The summed E-state index contributed by atoms with van der Waals surface area (Å²) < 4.78 is 5.41. The van der Waals surface area contributed by atoms with Crippen molar-refractivity contribution in [3.63, 3.8) is 0 Å². The van der Waals surface area contributed by atoms with Crippen LogP contribution in [0, 0.1) is 0 Å². The van der Waals surface area contributed by atoms with E-state index < -0.39 is 5.60 Å². The van der Waals surface area contributed by atoms with Crippen LogP contribution in [-0.4, -0.2) is 47.9 Å². The summed E-state index contributed by atoms with van der Waals surface area (Å²) in [4.78, 5) is 15.9. The smallest absolute Gasteiger partial charge is 0.410 e. The summed E-state index contributed by atoms with van der Waals surface area (Å²) in [6, 6.07) is 5.39. The van der Waals surface area contributed by atoms with E-state index in [0.717, 1.165) is 18.5 Å². The van der Waals surface area contributed by atoms with Gasteiger partial charge in [-0.1, -0.05) is 11.6 Å². The van der Waals surface area contributed by atoms with E-state index >= 15 is 0 Å². The van der Waals surface area contributed by atoms with Gasteiger partial charge < -0.3 is 19.6 Å². The number of halogens is 1. The molecule has 0 saturated carbocycles. The number of hydrogen-bond donors (Lipinski definition) is 1. The summed E-state index contributed by atoms with van der Waals surface area (Å²) in [5.74, 6) is 0.176. The van der Waals surface area contributed by atoms with E-state index in [1.54, 1.807) is 17.0 Å². The molecule has 1 aliphatic rings. The fourth-order valence-corrected chi connectivity index (χ4v) is 2.92. The van der Waals surface area contributed by atoms with Crippen molar-refractivity contribution in [3.05, 3.63) is 23.2 Å². The molecule has 1 heterocycles. The van der Waals surface area contributed by atoms with Crippen molar-refractivity contribution in [1.82, 2.24) is 4.90 Å². The van der Waals surface area contributed by atoms with Crippen LogP contribution in [0.4, 0.5) is 10.5 Å². The van der Waals surface area contributed by atoms with Gasteiger partial charge in [0.15, 0.2) is 0 Å². The number of hydrogen-bond acceptors (Lipinski definition) is 4. The average Bonchev–Trinajstić information content (AvgIpc) is 2.45. The van der Waals surface area contributed by atoms with Gasteiger partial charge in [0.1, 0.15) is 11.4 Å². The number of ether oxygens (including phenoxy) is 1. The van der Waals surface area contributed by atoms with E-state index in [1.807, 2.05) is 33.9 Å². The van der Waals surface area contributed by atoms with E-state index in [0.29, 0.717) is 18.1 Å². The molecule has 0 radical (unpaired) electrons. The Morgan fingerprint density at radius 1 is 1.35 bits per heavy atom. The Balaban J connectivity index is 1.95. The molecule has 1 fully saturated rings. The first-order valence-electron chi connectivity index (χ1n) is 7.86. The second-order valence-corrected chi connectivity index (χ2v) is 7.38. The summed E-state index contributed by atoms with van der Waals surface area (Å²) in [5, 5.41) is 10.6. The number of nitrogens with zero attached hydrogens (tertiary/aromatic N) is 2. The number of rotatable bonds is 2. The Bertz CT molecular complexity index is 563. The van der Waals surface area contributed by atoms with E-state index in [4.69, 9.17) is 16.3 Å². The Hall–Kier alpha value is -1.62. The highest BCUT2D eigenvalue weighted by atomic mass is 35.5. The first kappa shape index (κ1) is 17.7. The summed E-state index contributed by atoms with van der Waals surface area (Å²) in [5.41, 5.74) is 0.282.